The van der Waals surface area contributed by atoms with Crippen molar-refractivity contribution >= 4 is 6.21 Å². The second kappa shape index (κ2) is 5.07. The van der Waals surface area contributed by atoms with E-state index in [4.69, 9.17) is 5.73 Å². The molecule has 2 N–H and O–H groups in total. The van der Waals surface area contributed by atoms with Crippen molar-refractivity contribution < 1.29 is 0 Å². The fourth-order valence-corrected chi connectivity index (χ4v) is 1.34. The molecule has 1 aliphatic rings. The lowest BCUT2D eigenvalue weighted by Gasteiger charge is -1.97. The third-order valence-corrected chi connectivity index (χ3v) is 2.16. The van der Waals surface area contributed by atoms with Gasteiger partial charge in [-0.3, -0.25) is 9.98 Å². The highest BCUT2D eigenvalue weighted by atomic mass is 14.8. The maximum atomic E-state index is 5.85. The Labute approximate surface area is 94.7 Å². The van der Waals surface area contributed by atoms with Crippen LogP contribution < -0.4 is 5.73 Å². The molecule has 0 aliphatic heterocycles. The monoisotopic (exact) mass is 211 g/mol. The third-order valence-electron chi connectivity index (χ3n) is 2.16. The summed E-state index contributed by atoms with van der Waals surface area (Å²) in [5, 5.41) is 0. The number of allylic oxidation sites excluding steroid dienone is 4. The largest absolute Gasteiger partial charge is 0.397 e. The van der Waals surface area contributed by atoms with Crippen LogP contribution in [0.15, 0.2) is 65.1 Å². The van der Waals surface area contributed by atoms with Gasteiger partial charge >= 0.3 is 0 Å². The Balaban J connectivity index is 2.21. The summed E-state index contributed by atoms with van der Waals surface area (Å²) in [4.78, 5) is 8.48. The van der Waals surface area contributed by atoms with E-state index < -0.39 is 0 Å². The molecule has 0 spiro atoms. The molecule has 16 heavy (non-hydrogen) atoms. The van der Waals surface area contributed by atoms with Crippen molar-refractivity contribution in [2.75, 3.05) is 0 Å². The molecule has 1 aromatic heterocycles. The van der Waals surface area contributed by atoms with Crippen molar-refractivity contribution in [3.63, 3.8) is 0 Å². The number of aromatic nitrogens is 1. The molecule has 3 nitrogen and oxygen atoms in total. The fraction of sp³-hybridized carbons (Fsp3) is 0.0769. The van der Waals surface area contributed by atoms with Gasteiger partial charge in [-0.15, -0.1) is 0 Å². The summed E-state index contributed by atoms with van der Waals surface area (Å²) in [5.41, 5.74) is 8.13. The van der Waals surface area contributed by atoms with Gasteiger partial charge in [0.2, 0.25) is 0 Å². The van der Waals surface area contributed by atoms with Gasteiger partial charge in [-0.1, -0.05) is 18.2 Å². The lowest BCUT2D eigenvalue weighted by atomic mass is 10.3. The van der Waals surface area contributed by atoms with Crippen LogP contribution in [-0.4, -0.2) is 11.2 Å². The first-order valence-corrected chi connectivity index (χ1v) is 5.14. The van der Waals surface area contributed by atoms with Crippen molar-refractivity contribution in [2.45, 2.75) is 6.42 Å². The summed E-state index contributed by atoms with van der Waals surface area (Å²) in [6.07, 6.45) is 12.2. The van der Waals surface area contributed by atoms with Gasteiger partial charge in [-0.05, 0) is 30.7 Å². The van der Waals surface area contributed by atoms with Crippen LogP contribution in [0.25, 0.3) is 0 Å². The maximum Gasteiger partial charge on any atom is 0.0856 e. The zero-order valence-corrected chi connectivity index (χ0v) is 8.88. The van der Waals surface area contributed by atoms with Crippen LogP contribution in [0.1, 0.15) is 12.1 Å². The Morgan fingerprint density at radius 2 is 2.12 bits per heavy atom. The topological polar surface area (TPSA) is 51.3 Å². The number of pyridine rings is 1. The number of nitrogens with two attached hydrogens (primary N) is 1. The maximum absolute atomic E-state index is 5.85. The summed E-state index contributed by atoms with van der Waals surface area (Å²) >= 11 is 0. The van der Waals surface area contributed by atoms with Gasteiger partial charge in [0.05, 0.1) is 23.3 Å². The minimum Gasteiger partial charge on any atom is -0.397 e. The normalized spacial score (nSPS) is 15.8. The summed E-state index contributed by atoms with van der Waals surface area (Å²) in [6, 6.07) is 5.70. The summed E-state index contributed by atoms with van der Waals surface area (Å²) < 4.78 is 0. The molecular weight excluding hydrogens is 198 g/mol. The molecule has 0 fully saturated rings. The zero-order chi connectivity index (χ0) is 11.2. The predicted octanol–water partition coefficient (Wildman–Crippen LogP) is 2.19. The number of aliphatic imine (C=N–C) groups is 1. The molecule has 0 amide bonds. The summed E-state index contributed by atoms with van der Waals surface area (Å²) in [5.74, 6) is 0. The predicted molar refractivity (Wildman–Crippen MR) is 65.9 cm³/mol. The zero-order valence-electron chi connectivity index (χ0n) is 8.88. The Hall–Kier alpha value is -2.16. The van der Waals surface area contributed by atoms with Gasteiger partial charge in [0.1, 0.15) is 0 Å². The molecule has 0 radical (unpaired) electrons. The first kappa shape index (κ1) is 10.4. The molecule has 2 rings (SSSR count). The van der Waals surface area contributed by atoms with Crippen molar-refractivity contribution in [2.24, 2.45) is 10.7 Å². The lowest BCUT2D eigenvalue weighted by Crippen LogP contribution is -1.96. The third kappa shape index (κ3) is 2.67. The van der Waals surface area contributed by atoms with Crippen molar-refractivity contribution in [1.82, 2.24) is 4.98 Å². The van der Waals surface area contributed by atoms with Crippen LogP contribution in [0.4, 0.5) is 0 Å². The number of hydrogen-bond donors (Lipinski definition) is 1. The van der Waals surface area contributed by atoms with Gasteiger partial charge in [0.15, 0.2) is 0 Å². The van der Waals surface area contributed by atoms with E-state index >= 15 is 0 Å². The Bertz CT molecular complexity index is 467. The number of rotatable bonds is 2. The SMILES string of the molecule is NC1=C(N=Cc2ccccn2)C=CCC=C1. The molecule has 1 heterocycles. The Kier molecular flexibility index (Phi) is 3.28. The summed E-state index contributed by atoms with van der Waals surface area (Å²) in [7, 11) is 0. The quantitative estimate of drug-likeness (QED) is 0.762. The van der Waals surface area contributed by atoms with Crippen LogP contribution in [0.5, 0.6) is 0 Å². The van der Waals surface area contributed by atoms with E-state index in [0.29, 0.717) is 5.70 Å². The van der Waals surface area contributed by atoms with Crippen LogP contribution in [-0.2, 0) is 0 Å². The highest BCUT2D eigenvalue weighted by Gasteiger charge is 1.97. The second-order valence-electron chi connectivity index (χ2n) is 3.39. The van der Waals surface area contributed by atoms with Gasteiger partial charge in [0.25, 0.3) is 0 Å². The van der Waals surface area contributed by atoms with E-state index in [1.165, 1.54) is 0 Å². The smallest absolute Gasteiger partial charge is 0.0856 e. The minimum absolute atomic E-state index is 0.681. The average Bonchev–Trinajstić information content (AvgIpc) is 2.53. The molecule has 0 aromatic carbocycles. The lowest BCUT2D eigenvalue weighted by molar-refractivity contribution is 1.26. The second-order valence-corrected chi connectivity index (χ2v) is 3.39. The fourth-order valence-electron chi connectivity index (χ4n) is 1.34. The van der Waals surface area contributed by atoms with Gasteiger partial charge in [-0.25, -0.2) is 0 Å². The molecule has 80 valence electrons. The van der Waals surface area contributed by atoms with Gasteiger partial charge in [0, 0.05) is 6.20 Å². The van der Waals surface area contributed by atoms with Crippen LogP contribution in [0.3, 0.4) is 0 Å². The van der Waals surface area contributed by atoms with Crippen LogP contribution in [0, 0.1) is 0 Å². The molecule has 1 aliphatic carbocycles. The highest BCUT2D eigenvalue weighted by molar-refractivity contribution is 5.78. The molecule has 1 aromatic rings. The highest BCUT2D eigenvalue weighted by Crippen LogP contribution is 2.09. The molecule has 0 saturated carbocycles. The van der Waals surface area contributed by atoms with Gasteiger partial charge < -0.3 is 5.73 Å². The van der Waals surface area contributed by atoms with Crippen LogP contribution >= 0.6 is 0 Å². The molecule has 0 unspecified atom stereocenters. The molecule has 3 heteroatoms. The van der Waals surface area contributed by atoms with E-state index in [1.54, 1.807) is 12.4 Å². The number of hydrogen-bond acceptors (Lipinski definition) is 3. The van der Waals surface area contributed by atoms with Crippen molar-refractivity contribution in [3.8, 4) is 0 Å². The van der Waals surface area contributed by atoms with Crippen LogP contribution in [0.2, 0.25) is 0 Å². The summed E-state index contributed by atoms with van der Waals surface area (Å²) in [6.45, 7) is 0. The standard InChI is InChI=1S/C13H13N3/c14-12-7-2-1-3-8-13(12)16-10-11-6-4-5-9-15-11/h2-10H,1,14H2. The van der Waals surface area contributed by atoms with Crippen molar-refractivity contribution in [1.29, 1.82) is 0 Å². The Morgan fingerprint density at radius 1 is 1.25 bits per heavy atom. The number of nitrogens with zero attached hydrogens (tertiary/aromatic N) is 2. The van der Waals surface area contributed by atoms with E-state index in [1.807, 2.05) is 42.5 Å². The molecule has 0 saturated heterocycles. The average molecular weight is 211 g/mol. The molecular formula is C13H13N3. The first-order valence-electron chi connectivity index (χ1n) is 5.14. The minimum atomic E-state index is 0.681. The van der Waals surface area contributed by atoms with E-state index in [9.17, 15) is 0 Å². The van der Waals surface area contributed by atoms with E-state index in [0.717, 1.165) is 17.8 Å². The Morgan fingerprint density at radius 3 is 2.94 bits per heavy atom. The van der Waals surface area contributed by atoms with E-state index in [-0.39, 0.29) is 0 Å². The first-order chi connectivity index (χ1) is 7.86. The molecule has 0 atom stereocenters. The molecule has 0 bridgehead atoms. The van der Waals surface area contributed by atoms with Gasteiger partial charge in [-0.2, -0.15) is 0 Å². The van der Waals surface area contributed by atoms with E-state index in [2.05, 4.69) is 9.98 Å². The van der Waals surface area contributed by atoms with Crippen molar-refractivity contribution in [3.05, 3.63) is 65.8 Å².